The summed E-state index contributed by atoms with van der Waals surface area (Å²) >= 11 is 0. The largest absolute Gasteiger partial charge is 0.493 e. The van der Waals surface area contributed by atoms with Gasteiger partial charge in [-0.3, -0.25) is 9.36 Å². The summed E-state index contributed by atoms with van der Waals surface area (Å²) < 4.78 is 13.3. The molecular formula is C30H39N3O4. The van der Waals surface area contributed by atoms with Crippen LogP contribution >= 0.6 is 0 Å². The summed E-state index contributed by atoms with van der Waals surface area (Å²) in [6, 6.07) is 13.5. The molecule has 0 N–H and O–H groups in total. The maximum absolute atomic E-state index is 14.0. The summed E-state index contributed by atoms with van der Waals surface area (Å²) in [5.41, 5.74) is 2.00. The lowest BCUT2D eigenvalue weighted by molar-refractivity contribution is 0.0157. The number of benzene rings is 2. The van der Waals surface area contributed by atoms with Crippen LogP contribution in [-0.4, -0.2) is 45.8 Å². The van der Waals surface area contributed by atoms with E-state index in [0.29, 0.717) is 54.6 Å². The minimum atomic E-state index is -0.545. The molecule has 0 spiro atoms. The summed E-state index contributed by atoms with van der Waals surface area (Å²) in [5, 5.41) is 0.540. The molecule has 198 valence electrons. The molecule has 0 aliphatic carbocycles. The van der Waals surface area contributed by atoms with Gasteiger partial charge in [0.25, 0.3) is 5.56 Å². The Morgan fingerprint density at radius 3 is 2.62 bits per heavy atom. The lowest BCUT2D eigenvalue weighted by Crippen LogP contribution is -2.44. The maximum Gasteiger partial charge on any atom is 0.410 e. The van der Waals surface area contributed by atoms with E-state index in [4.69, 9.17) is 14.5 Å². The van der Waals surface area contributed by atoms with E-state index in [-0.39, 0.29) is 17.6 Å². The van der Waals surface area contributed by atoms with Crippen molar-refractivity contribution in [1.29, 1.82) is 0 Å². The number of piperidine rings is 1. The van der Waals surface area contributed by atoms with Gasteiger partial charge in [0.15, 0.2) is 0 Å². The molecule has 1 atom stereocenters. The number of aromatic nitrogens is 2. The zero-order valence-electron chi connectivity index (χ0n) is 22.9. The number of ether oxygens (including phenoxy) is 2. The Bertz CT molecular complexity index is 1320. The zero-order chi connectivity index (χ0) is 26.7. The van der Waals surface area contributed by atoms with Gasteiger partial charge in [0.1, 0.15) is 17.2 Å². The van der Waals surface area contributed by atoms with Gasteiger partial charge in [-0.1, -0.05) is 38.1 Å². The van der Waals surface area contributed by atoms with Crippen LogP contribution in [0.25, 0.3) is 22.3 Å². The molecule has 2 heterocycles. The summed E-state index contributed by atoms with van der Waals surface area (Å²) in [5.74, 6) is 1.82. The molecular weight excluding hydrogens is 466 g/mol. The van der Waals surface area contributed by atoms with Gasteiger partial charge in [0.05, 0.1) is 17.5 Å². The maximum atomic E-state index is 14.0. The van der Waals surface area contributed by atoms with Crippen molar-refractivity contribution < 1.29 is 14.3 Å². The van der Waals surface area contributed by atoms with E-state index < -0.39 is 5.60 Å². The lowest BCUT2D eigenvalue weighted by atomic mass is 9.97. The molecule has 7 heteroatoms. The van der Waals surface area contributed by atoms with Crippen molar-refractivity contribution in [1.82, 2.24) is 14.5 Å². The van der Waals surface area contributed by atoms with Crippen molar-refractivity contribution in [2.75, 3.05) is 19.7 Å². The molecule has 1 aliphatic heterocycles. The minimum Gasteiger partial charge on any atom is -0.493 e. The van der Waals surface area contributed by atoms with Gasteiger partial charge in [0.2, 0.25) is 0 Å². The fraction of sp³-hybridized carbons (Fsp3) is 0.500. The highest BCUT2D eigenvalue weighted by atomic mass is 16.6. The van der Waals surface area contributed by atoms with Gasteiger partial charge in [-0.2, -0.15) is 0 Å². The molecule has 4 rings (SSSR count). The molecule has 0 bridgehead atoms. The number of rotatable bonds is 6. The van der Waals surface area contributed by atoms with Crippen molar-refractivity contribution in [2.24, 2.45) is 11.8 Å². The van der Waals surface area contributed by atoms with Crippen molar-refractivity contribution in [3.63, 3.8) is 0 Å². The monoisotopic (exact) mass is 505 g/mol. The number of amides is 1. The number of likely N-dealkylation sites (tertiary alicyclic amines) is 1. The SMILES string of the molecule is Cc1ccccc1-c1nc2ccc(OCC(C)C)cc2c(=O)n1C[C@H]1CCCN(C(=O)OC(C)(C)C)C1. The predicted octanol–water partition coefficient (Wildman–Crippen LogP) is 6.05. The van der Waals surface area contributed by atoms with Gasteiger partial charge >= 0.3 is 6.09 Å². The number of hydrogen-bond acceptors (Lipinski definition) is 5. The first-order valence-electron chi connectivity index (χ1n) is 13.2. The molecule has 7 nitrogen and oxygen atoms in total. The summed E-state index contributed by atoms with van der Waals surface area (Å²) in [4.78, 5) is 33.4. The van der Waals surface area contributed by atoms with Crippen molar-refractivity contribution in [3.8, 4) is 17.1 Å². The molecule has 0 radical (unpaired) electrons. The van der Waals surface area contributed by atoms with Gasteiger partial charge in [-0.05, 0) is 76.1 Å². The zero-order valence-corrected chi connectivity index (χ0v) is 22.9. The molecule has 0 unspecified atom stereocenters. The topological polar surface area (TPSA) is 73.7 Å². The highest BCUT2D eigenvalue weighted by molar-refractivity contribution is 5.81. The Morgan fingerprint density at radius 2 is 1.92 bits per heavy atom. The molecule has 1 amide bonds. The first-order chi connectivity index (χ1) is 17.5. The third-order valence-electron chi connectivity index (χ3n) is 6.51. The van der Waals surface area contributed by atoms with E-state index in [2.05, 4.69) is 13.8 Å². The molecule has 1 fully saturated rings. The second-order valence-electron chi connectivity index (χ2n) is 11.5. The number of nitrogens with zero attached hydrogens (tertiary/aromatic N) is 3. The summed E-state index contributed by atoms with van der Waals surface area (Å²) in [6.07, 6.45) is 1.49. The van der Waals surface area contributed by atoms with Crippen LogP contribution in [0, 0.1) is 18.8 Å². The minimum absolute atomic E-state index is 0.0901. The van der Waals surface area contributed by atoms with E-state index in [9.17, 15) is 9.59 Å². The number of aryl methyl sites for hydroxylation is 1. The van der Waals surface area contributed by atoms with Gasteiger partial charge < -0.3 is 14.4 Å². The Hall–Kier alpha value is -3.35. The average molecular weight is 506 g/mol. The van der Waals surface area contributed by atoms with Crippen LogP contribution in [0.4, 0.5) is 4.79 Å². The fourth-order valence-electron chi connectivity index (χ4n) is 4.72. The van der Waals surface area contributed by atoms with E-state index in [1.54, 1.807) is 15.5 Å². The molecule has 2 aromatic carbocycles. The predicted molar refractivity (Wildman–Crippen MR) is 147 cm³/mol. The standard InChI is InChI=1S/C30H39N3O4/c1-20(2)19-36-23-13-14-26-25(16-23)28(34)33(27(31-26)24-12-8-7-10-21(24)3)18-22-11-9-15-32(17-22)29(35)37-30(4,5)6/h7-8,10,12-14,16,20,22H,9,11,15,17-19H2,1-6H3/t22-/m0/s1. The van der Waals surface area contributed by atoms with E-state index in [0.717, 1.165) is 24.0 Å². The summed E-state index contributed by atoms with van der Waals surface area (Å²) in [6.45, 7) is 14.1. The highest BCUT2D eigenvalue weighted by Crippen LogP contribution is 2.27. The second kappa shape index (κ2) is 11.0. The van der Waals surface area contributed by atoms with Crippen molar-refractivity contribution in [2.45, 2.75) is 66.5 Å². The number of carbonyl (C=O) groups excluding carboxylic acids is 1. The number of hydrogen-bond donors (Lipinski definition) is 0. The quantitative estimate of drug-likeness (QED) is 0.407. The average Bonchev–Trinajstić information content (AvgIpc) is 2.84. The van der Waals surface area contributed by atoms with Gasteiger partial charge in [0, 0.05) is 25.2 Å². The van der Waals surface area contributed by atoms with Crippen molar-refractivity contribution >= 4 is 17.0 Å². The van der Waals surface area contributed by atoms with E-state index in [1.165, 1.54) is 0 Å². The second-order valence-corrected chi connectivity index (χ2v) is 11.5. The molecule has 37 heavy (non-hydrogen) atoms. The van der Waals surface area contributed by atoms with Crippen LogP contribution in [-0.2, 0) is 11.3 Å². The summed E-state index contributed by atoms with van der Waals surface area (Å²) in [7, 11) is 0. The van der Waals surface area contributed by atoms with Crippen LogP contribution in [0.3, 0.4) is 0 Å². The first kappa shape index (κ1) is 26.7. The smallest absolute Gasteiger partial charge is 0.410 e. The molecule has 3 aromatic rings. The Morgan fingerprint density at radius 1 is 1.16 bits per heavy atom. The molecule has 1 saturated heterocycles. The first-order valence-corrected chi connectivity index (χ1v) is 13.2. The van der Waals surface area contributed by atoms with Crippen LogP contribution < -0.4 is 10.3 Å². The third-order valence-corrected chi connectivity index (χ3v) is 6.51. The highest BCUT2D eigenvalue weighted by Gasteiger charge is 2.29. The van der Waals surface area contributed by atoms with E-state index in [1.807, 2.05) is 64.1 Å². The lowest BCUT2D eigenvalue weighted by Gasteiger charge is -2.34. The molecule has 0 saturated carbocycles. The Balaban J connectivity index is 1.72. The van der Waals surface area contributed by atoms with Crippen LogP contribution in [0.1, 0.15) is 53.0 Å². The molecule has 1 aliphatic rings. The number of carbonyl (C=O) groups is 1. The van der Waals surface area contributed by atoms with Crippen molar-refractivity contribution in [3.05, 3.63) is 58.4 Å². The van der Waals surface area contributed by atoms with Crippen LogP contribution in [0.15, 0.2) is 47.3 Å². The van der Waals surface area contributed by atoms with E-state index >= 15 is 0 Å². The van der Waals surface area contributed by atoms with Gasteiger partial charge in [-0.15, -0.1) is 0 Å². The van der Waals surface area contributed by atoms with Gasteiger partial charge in [-0.25, -0.2) is 9.78 Å². The molecule has 1 aromatic heterocycles. The third kappa shape index (κ3) is 6.51. The van der Waals surface area contributed by atoms with Crippen LogP contribution in [0.2, 0.25) is 0 Å². The normalized spacial score (nSPS) is 16.3. The Kier molecular flexibility index (Phi) is 7.90. The number of fused-ring (bicyclic) bond motifs is 1. The Labute approximate surface area is 219 Å². The van der Waals surface area contributed by atoms with Crippen LogP contribution in [0.5, 0.6) is 5.75 Å². The fourth-order valence-corrected chi connectivity index (χ4v) is 4.72.